The number of barbiturate groups is 1. The third-order valence-corrected chi connectivity index (χ3v) is 3.01. The predicted molar refractivity (Wildman–Crippen MR) is 81.2 cm³/mol. The van der Waals surface area contributed by atoms with Crippen LogP contribution in [0.15, 0.2) is 35.9 Å². The average molecular weight is 301 g/mol. The van der Waals surface area contributed by atoms with Crippen LogP contribution in [0, 0.1) is 0 Å². The number of anilines is 1. The number of imide groups is 2. The summed E-state index contributed by atoms with van der Waals surface area (Å²) in [6, 6.07) is 4.30. The van der Waals surface area contributed by atoms with Crippen molar-refractivity contribution in [3.63, 3.8) is 0 Å². The van der Waals surface area contributed by atoms with Crippen molar-refractivity contribution in [1.82, 2.24) is 10.6 Å². The molecule has 1 aliphatic rings. The third-order valence-electron chi connectivity index (χ3n) is 3.01. The molecule has 2 rings (SSSR count). The second kappa shape index (κ2) is 6.13. The Balaban J connectivity index is 2.18. The lowest BCUT2D eigenvalue weighted by Gasteiger charge is -2.13. The van der Waals surface area contributed by atoms with Crippen LogP contribution in [-0.4, -0.2) is 37.0 Å². The van der Waals surface area contributed by atoms with Gasteiger partial charge in [-0.05, 0) is 18.2 Å². The molecule has 0 atom stereocenters. The highest BCUT2D eigenvalue weighted by Crippen LogP contribution is 2.24. The lowest BCUT2D eigenvalue weighted by atomic mass is 10.1. The number of nitrogens with zero attached hydrogens (tertiary/aromatic N) is 1. The molecular weight excluding hydrogens is 286 g/mol. The molecule has 3 N–H and O–H groups in total. The van der Waals surface area contributed by atoms with Gasteiger partial charge in [0.25, 0.3) is 11.8 Å². The average Bonchev–Trinajstić information content (AvgIpc) is 2.42. The monoisotopic (exact) mass is 301 g/mol. The first-order chi connectivity index (χ1) is 10.4. The highest BCUT2D eigenvalue weighted by atomic mass is 16.3. The summed E-state index contributed by atoms with van der Waals surface area (Å²) in [5.74, 6) is -1.44. The van der Waals surface area contributed by atoms with E-state index in [-0.39, 0.29) is 11.3 Å². The van der Waals surface area contributed by atoms with Gasteiger partial charge in [-0.3, -0.25) is 20.2 Å². The molecule has 0 unspecified atom stereocenters. The van der Waals surface area contributed by atoms with E-state index < -0.39 is 17.8 Å². The number of hydrogen-bond donors (Lipinski definition) is 3. The highest BCUT2D eigenvalue weighted by molar-refractivity contribution is 6.29. The van der Waals surface area contributed by atoms with Gasteiger partial charge in [0.1, 0.15) is 11.3 Å². The van der Waals surface area contributed by atoms with Crippen LogP contribution in [0.5, 0.6) is 5.75 Å². The van der Waals surface area contributed by atoms with Gasteiger partial charge in [-0.15, -0.1) is 0 Å². The normalized spacial score (nSPS) is 14.8. The number of amides is 4. The van der Waals surface area contributed by atoms with Gasteiger partial charge in [-0.25, -0.2) is 4.79 Å². The largest absolute Gasteiger partial charge is 0.507 e. The van der Waals surface area contributed by atoms with Crippen molar-refractivity contribution in [2.45, 2.75) is 0 Å². The van der Waals surface area contributed by atoms with Gasteiger partial charge in [-0.2, -0.15) is 0 Å². The van der Waals surface area contributed by atoms with Gasteiger partial charge >= 0.3 is 6.03 Å². The Morgan fingerprint density at radius 3 is 2.27 bits per heavy atom. The maximum Gasteiger partial charge on any atom is 0.328 e. The molecular formula is C15H15N3O4. The van der Waals surface area contributed by atoms with Crippen molar-refractivity contribution in [3.05, 3.63) is 41.5 Å². The Morgan fingerprint density at radius 2 is 1.73 bits per heavy atom. The molecule has 4 amide bonds. The van der Waals surface area contributed by atoms with Crippen molar-refractivity contribution >= 4 is 29.6 Å². The quantitative estimate of drug-likeness (QED) is 0.565. The minimum absolute atomic E-state index is 0.0774. The standard InChI is InChI=1S/C15H15N3O4/c1-18(2)10-7-6-9(12(19)8-10)4-3-5-11-13(20)16-15(22)17-14(11)21/h3-8,19H,1-2H3,(H2,16,17,20,21,22)/b4-3+. The van der Waals surface area contributed by atoms with E-state index in [4.69, 9.17) is 0 Å². The zero-order valence-electron chi connectivity index (χ0n) is 12.1. The van der Waals surface area contributed by atoms with Crippen LogP contribution in [0.1, 0.15) is 5.56 Å². The number of carbonyl (C=O) groups excluding carboxylic acids is 3. The summed E-state index contributed by atoms with van der Waals surface area (Å²) in [4.78, 5) is 35.7. The smallest absolute Gasteiger partial charge is 0.328 e. The van der Waals surface area contributed by atoms with E-state index in [9.17, 15) is 19.5 Å². The van der Waals surface area contributed by atoms with E-state index in [1.165, 1.54) is 12.2 Å². The molecule has 1 heterocycles. The van der Waals surface area contributed by atoms with Crippen LogP contribution < -0.4 is 15.5 Å². The number of phenols is 1. The number of urea groups is 1. The third kappa shape index (κ3) is 3.32. The minimum atomic E-state index is -0.840. The van der Waals surface area contributed by atoms with E-state index in [0.29, 0.717) is 5.56 Å². The number of carbonyl (C=O) groups is 3. The van der Waals surface area contributed by atoms with Crippen molar-refractivity contribution in [2.24, 2.45) is 0 Å². The van der Waals surface area contributed by atoms with Crippen LogP contribution in [0.2, 0.25) is 0 Å². The van der Waals surface area contributed by atoms with Crippen molar-refractivity contribution in [1.29, 1.82) is 0 Å². The topological polar surface area (TPSA) is 98.7 Å². The summed E-state index contributed by atoms with van der Waals surface area (Å²) >= 11 is 0. The number of nitrogens with one attached hydrogen (secondary N) is 2. The molecule has 114 valence electrons. The molecule has 0 spiro atoms. The molecule has 1 aromatic rings. The van der Waals surface area contributed by atoms with Gasteiger partial charge < -0.3 is 10.0 Å². The van der Waals surface area contributed by atoms with Crippen LogP contribution >= 0.6 is 0 Å². The van der Waals surface area contributed by atoms with E-state index in [1.54, 1.807) is 18.2 Å². The molecule has 0 aliphatic carbocycles. The van der Waals surface area contributed by atoms with Crippen molar-refractivity contribution in [2.75, 3.05) is 19.0 Å². The first-order valence-electron chi connectivity index (χ1n) is 6.44. The second-order valence-electron chi connectivity index (χ2n) is 4.81. The maximum absolute atomic E-state index is 11.5. The van der Waals surface area contributed by atoms with Crippen LogP contribution in [-0.2, 0) is 9.59 Å². The zero-order chi connectivity index (χ0) is 16.3. The highest BCUT2D eigenvalue weighted by Gasteiger charge is 2.26. The lowest BCUT2D eigenvalue weighted by molar-refractivity contribution is -0.124. The summed E-state index contributed by atoms with van der Waals surface area (Å²) < 4.78 is 0. The number of benzene rings is 1. The molecule has 0 radical (unpaired) electrons. The Bertz CT molecular complexity index is 683. The fourth-order valence-corrected chi connectivity index (χ4v) is 1.83. The van der Waals surface area contributed by atoms with Gasteiger partial charge in [-0.1, -0.05) is 12.2 Å². The Morgan fingerprint density at radius 1 is 1.09 bits per heavy atom. The SMILES string of the molecule is CN(C)c1ccc(/C=C/C=C2C(=O)NC(=O)NC2=O)c(O)c1. The Kier molecular flexibility index (Phi) is 4.26. The fourth-order valence-electron chi connectivity index (χ4n) is 1.83. The fraction of sp³-hybridized carbons (Fsp3) is 0.133. The number of hydrogen-bond acceptors (Lipinski definition) is 5. The Labute approximate surface area is 126 Å². The minimum Gasteiger partial charge on any atom is -0.507 e. The summed E-state index contributed by atoms with van der Waals surface area (Å²) in [5.41, 5.74) is 1.20. The van der Waals surface area contributed by atoms with Crippen molar-refractivity contribution < 1.29 is 19.5 Å². The molecule has 0 saturated carbocycles. The zero-order valence-corrected chi connectivity index (χ0v) is 12.1. The molecule has 0 aromatic heterocycles. The van der Waals surface area contributed by atoms with Crippen LogP contribution in [0.3, 0.4) is 0 Å². The summed E-state index contributed by atoms with van der Waals surface area (Å²) in [6.07, 6.45) is 4.28. The Hall–Kier alpha value is -3.09. The maximum atomic E-state index is 11.5. The molecule has 1 saturated heterocycles. The molecule has 0 bridgehead atoms. The van der Waals surface area contributed by atoms with Gasteiger partial charge in [0.15, 0.2) is 0 Å². The lowest BCUT2D eigenvalue weighted by Crippen LogP contribution is -2.51. The summed E-state index contributed by atoms with van der Waals surface area (Å²) in [5, 5.41) is 13.9. The van der Waals surface area contributed by atoms with E-state index in [0.717, 1.165) is 5.69 Å². The van der Waals surface area contributed by atoms with E-state index >= 15 is 0 Å². The van der Waals surface area contributed by atoms with Crippen molar-refractivity contribution in [3.8, 4) is 5.75 Å². The van der Waals surface area contributed by atoms with Gasteiger partial charge in [0, 0.05) is 31.4 Å². The molecule has 1 aliphatic heterocycles. The van der Waals surface area contributed by atoms with Crippen LogP contribution in [0.25, 0.3) is 6.08 Å². The summed E-state index contributed by atoms with van der Waals surface area (Å²) in [7, 11) is 3.71. The van der Waals surface area contributed by atoms with Gasteiger partial charge in [0.2, 0.25) is 0 Å². The van der Waals surface area contributed by atoms with E-state index in [1.807, 2.05) is 35.7 Å². The predicted octanol–water partition coefficient (Wildman–Crippen LogP) is 0.764. The molecule has 1 aromatic carbocycles. The first-order valence-corrected chi connectivity index (χ1v) is 6.44. The van der Waals surface area contributed by atoms with Crippen LogP contribution in [0.4, 0.5) is 10.5 Å². The molecule has 7 heteroatoms. The second-order valence-corrected chi connectivity index (χ2v) is 4.81. The number of rotatable bonds is 3. The molecule has 1 fully saturated rings. The molecule has 22 heavy (non-hydrogen) atoms. The van der Waals surface area contributed by atoms with E-state index in [2.05, 4.69) is 0 Å². The first kappa shape index (κ1) is 15.3. The number of phenolic OH excluding ortho intramolecular Hbond substituents is 1. The number of aromatic hydroxyl groups is 1. The van der Waals surface area contributed by atoms with Gasteiger partial charge in [0.05, 0.1) is 0 Å². The summed E-state index contributed by atoms with van der Waals surface area (Å²) in [6.45, 7) is 0. The number of allylic oxidation sites excluding steroid dienone is 2. The molecule has 7 nitrogen and oxygen atoms in total.